The summed E-state index contributed by atoms with van der Waals surface area (Å²) >= 11 is 0. The van der Waals surface area contributed by atoms with Gasteiger partial charge in [-0.05, 0) is 18.2 Å². The molecule has 0 aliphatic rings. The number of aliphatic carboxylic acids is 1. The van der Waals surface area contributed by atoms with Crippen molar-refractivity contribution in [3.8, 4) is 5.75 Å². The van der Waals surface area contributed by atoms with E-state index < -0.39 is 18.1 Å². The summed E-state index contributed by atoms with van der Waals surface area (Å²) in [7, 11) is 1.59. The molecule has 3 rings (SSSR count). The van der Waals surface area contributed by atoms with Crippen LogP contribution in [0.5, 0.6) is 5.75 Å². The molecule has 0 bridgehead atoms. The van der Waals surface area contributed by atoms with Gasteiger partial charge >= 0.3 is 18.1 Å². The van der Waals surface area contributed by atoms with Crippen LogP contribution in [0.15, 0.2) is 48.8 Å². The van der Waals surface area contributed by atoms with E-state index in [0.717, 1.165) is 16.5 Å². The molecule has 7 nitrogen and oxygen atoms in total. The average Bonchev–Trinajstić information content (AvgIpc) is 3.01. The lowest BCUT2D eigenvalue weighted by atomic mass is 10.2. The second-order valence-electron chi connectivity index (χ2n) is 5.47. The maximum Gasteiger partial charge on any atom is 0.490 e. The second kappa shape index (κ2) is 8.42. The molecule has 0 unspecified atom stereocenters. The van der Waals surface area contributed by atoms with E-state index in [4.69, 9.17) is 14.6 Å². The molecule has 2 aromatic heterocycles. The highest BCUT2D eigenvalue weighted by molar-refractivity contribution is 5.94. The fraction of sp³-hybridized carbons (Fsp3) is 0.167. The maximum atomic E-state index is 11.5. The zero-order chi connectivity index (χ0) is 20.9. The SMILES string of the molecule is COc1ccncc1Cn1c(C(=O)O)cc2ccccc21.O=C(O)C(F)(F)F. The van der Waals surface area contributed by atoms with E-state index in [1.807, 2.05) is 24.3 Å². The molecule has 0 saturated heterocycles. The number of carboxylic acids is 2. The first-order chi connectivity index (χ1) is 13.1. The van der Waals surface area contributed by atoms with Crippen LogP contribution in [0.2, 0.25) is 0 Å². The highest BCUT2D eigenvalue weighted by Gasteiger charge is 2.38. The number of alkyl halides is 3. The summed E-state index contributed by atoms with van der Waals surface area (Å²) < 4.78 is 38.8. The molecule has 10 heteroatoms. The maximum absolute atomic E-state index is 11.5. The van der Waals surface area contributed by atoms with Crippen molar-refractivity contribution < 1.29 is 37.7 Å². The number of para-hydroxylation sites is 1. The van der Waals surface area contributed by atoms with Crippen LogP contribution >= 0.6 is 0 Å². The standard InChI is InChI=1S/C16H14N2O3.C2HF3O2/c1-21-15-6-7-17-9-12(15)10-18-13-5-3-2-4-11(13)8-14(18)16(19)20;3-2(4,5)1(6)7/h2-9H,10H2,1H3,(H,19,20);(H,6,7). The fourth-order valence-corrected chi connectivity index (χ4v) is 2.46. The van der Waals surface area contributed by atoms with E-state index in [1.54, 1.807) is 36.2 Å². The Bertz CT molecular complexity index is 998. The van der Waals surface area contributed by atoms with Gasteiger partial charge in [-0.2, -0.15) is 13.2 Å². The number of aromatic carboxylic acids is 1. The Morgan fingerprint density at radius 3 is 2.39 bits per heavy atom. The van der Waals surface area contributed by atoms with Crippen LogP contribution in [0.25, 0.3) is 10.9 Å². The summed E-state index contributed by atoms with van der Waals surface area (Å²) in [5.41, 5.74) is 1.96. The molecular weight excluding hydrogens is 381 g/mol. The van der Waals surface area contributed by atoms with Crippen molar-refractivity contribution in [1.29, 1.82) is 0 Å². The van der Waals surface area contributed by atoms with Gasteiger partial charge in [0.05, 0.1) is 13.7 Å². The van der Waals surface area contributed by atoms with Crippen molar-refractivity contribution in [1.82, 2.24) is 9.55 Å². The molecule has 0 atom stereocenters. The Labute approximate surface area is 156 Å². The van der Waals surface area contributed by atoms with E-state index in [-0.39, 0.29) is 5.69 Å². The lowest BCUT2D eigenvalue weighted by Crippen LogP contribution is -2.21. The summed E-state index contributed by atoms with van der Waals surface area (Å²) in [6, 6.07) is 11.0. The number of halogens is 3. The molecule has 0 amide bonds. The third-order valence-electron chi connectivity index (χ3n) is 3.68. The molecule has 0 spiro atoms. The van der Waals surface area contributed by atoms with E-state index in [2.05, 4.69) is 4.98 Å². The average molecular weight is 396 g/mol. The largest absolute Gasteiger partial charge is 0.496 e. The van der Waals surface area contributed by atoms with Crippen LogP contribution < -0.4 is 4.74 Å². The van der Waals surface area contributed by atoms with Crippen LogP contribution in [0, 0.1) is 0 Å². The van der Waals surface area contributed by atoms with Crippen LogP contribution in [-0.2, 0) is 11.3 Å². The van der Waals surface area contributed by atoms with Gasteiger partial charge in [-0.25, -0.2) is 9.59 Å². The molecule has 1 aromatic carbocycles. The van der Waals surface area contributed by atoms with Crippen molar-refractivity contribution in [2.75, 3.05) is 7.11 Å². The molecular formula is C18H15F3N2O5. The van der Waals surface area contributed by atoms with Crippen LogP contribution in [-0.4, -0.2) is 45.0 Å². The molecule has 148 valence electrons. The highest BCUT2D eigenvalue weighted by Crippen LogP contribution is 2.24. The quantitative estimate of drug-likeness (QED) is 0.701. The summed E-state index contributed by atoms with van der Waals surface area (Å²) in [6.45, 7) is 0.395. The molecule has 0 fully saturated rings. The summed E-state index contributed by atoms with van der Waals surface area (Å²) in [4.78, 5) is 24.5. The minimum atomic E-state index is -5.08. The number of hydrogen-bond donors (Lipinski definition) is 2. The molecule has 0 aliphatic carbocycles. The summed E-state index contributed by atoms with van der Waals surface area (Å²) in [5, 5.41) is 17.4. The molecule has 28 heavy (non-hydrogen) atoms. The van der Waals surface area contributed by atoms with Gasteiger partial charge in [0, 0.05) is 28.9 Å². The smallest absolute Gasteiger partial charge is 0.490 e. The number of pyridine rings is 1. The first kappa shape index (κ1) is 20.7. The normalized spacial score (nSPS) is 10.9. The monoisotopic (exact) mass is 396 g/mol. The summed E-state index contributed by atoms with van der Waals surface area (Å²) in [6.07, 6.45) is -1.74. The molecule has 0 radical (unpaired) electrons. The zero-order valence-electron chi connectivity index (χ0n) is 14.5. The van der Waals surface area contributed by atoms with E-state index in [1.165, 1.54) is 0 Å². The first-order valence-electron chi connectivity index (χ1n) is 7.73. The Kier molecular flexibility index (Phi) is 6.24. The molecule has 3 aromatic rings. The van der Waals surface area contributed by atoms with Gasteiger partial charge in [-0.1, -0.05) is 18.2 Å². The van der Waals surface area contributed by atoms with Crippen molar-refractivity contribution >= 4 is 22.8 Å². The minimum absolute atomic E-state index is 0.252. The molecule has 2 heterocycles. The topological polar surface area (TPSA) is 102 Å². The number of hydrogen-bond acceptors (Lipinski definition) is 4. The third kappa shape index (κ3) is 4.78. The molecule has 0 aliphatic heterocycles. The van der Waals surface area contributed by atoms with Crippen LogP contribution in [0.3, 0.4) is 0 Å². The first-order valence-corrected chi connectivity index (χ1v) is 7.73. The Morgan fingerprint density at radius 2 is 1.82 bits per heavy atom. The number of carbonyl (C=O) groups is 2. The Morgan fingerprint density at radius 1 is 1.18 bits per heavy atom. The molecule has 0 saturated carbocycles. The van der Waals surface area contributed by atoms with E-state index >= 15 is 0 Å². The van der Waals surface area contributed by atoms with Crippen molar-refractivity contribution in [3.05, 3.63) is 60.0 Å². The number of carboxylic acid groups (broad SMARTS) is 2. The minimum Gasteiger partial charge on any atom is -0.496 e. The number of fused-ring (bicyclic) bond motifs is 1. The number of aromatic nitrogens is 2. The van der Waals surface area contributed by atoms with Crippen molar-refractivity contribution in [3.63, 3.8) is 0 Å². The second-order valence-corrected chi connectivity index (χ2v) is 5.47. The van der Waals surface area contributed by atoms with E-state index in [0.29, 0.717) is 12.3 Å². The fourth-order valence-electron chi connectivity index (χ4n) is 2.46. The predicted octanol–water partition coefficient (Wildman–Crippen LogP) is 3.42. The number of rotatable bonds is 4. The highest BCUT2D eigenvalue weighted by atomic mass is 19.4. The molecule has 2 N–H and O–H groups in total. The predicted molar refractivity (Wildman–Crippen MR) is 92.5 cm³/mol. The van der Waals surface area contributed by atoms with Crippen molar-refractivity contribution in [2.24, 2.45) is 0 Å². The lowest BCUT2D eigenvalue weighted by Gasteiger charge is -2.11. The zero-order valence-corrected chi connectivity index (χ0v) is 14.5. The summed E-state index contributed by atoms with van der Waals surface area (Å²) in [5.74, 6) is -3.01. The number of ether oxygens (including phenoxy) is 1. The van der Waals surface area contributed by atoms with Gasteiger partial charge in [-0.3, -0.25) is 4.98 Å². The van der Waals surface area contributed by atoms with Gasteiger partial charge in [-0.15, -0.1) is 0 Å². The van der Waals surface area contributed by atoms with Crippen LogP contribution in [0.4, 0.5) is 13.2 Å². The van der Waals surface area contributed by atoms with Crippen LogP contribution in [0.1, 0.15) is 16.1 Å². The number of nitrogens with zero attached hydrogens (tertiary/aromatic N) is 2. The van der Waals surface area contributed by atoms with Crippen molar-refractivity contribution in [2.45, 2.75) is 12.7 Å². The Balaban J connectivity index is 0.000000345. The number of benzene rings is 1. The number of methoxy groups -OCH3 is 1. The lowest BCUT2D eigenvalue weighted by molar-refractivity contribution is -0.192. The van der Waals surface area contributed by atoms with Gasteiger partial charge in [0.2, 0.25) is 0 Å². The van der Waals surface area contributed by atoms with Gasteiger partial charge in [0.1, 0.15) is 11.4 Å². The van der Waals surface area contributed by atoms with Gasteiger partial charge in [0.25, 0.3) is 0 Å². The van der Waals surface area contributed by atoms with Gasteiger partial charge < -0.3 is 19.5 Å². The van der Waals surface area contributed by atoms with Gasteiger partial charge in [0.15, 0.2) is 0 Å². The van der Waals surface area contributed by atoms with E-state index in [9.17, 15) is 23.1 Å². The Hall–Kier alpha value is -3.56. The third-order valence-corrected chi connectivity index (χ3v) is 3.68.